The molecule has 9 heteroatoms. The number of hydrogen-bond donors (Lipinski definition) is 3. The molecule has 0 fully saturated rings. The number of amides is 1. The highest BCUT2D eigenvalue weighted by atomic mass is 32.1. The maximum absolute atomic E-state index is 13.8. The van der Waals surface area contributed by atoms with Gasteiger partial charge in [0.1, 0.15) is 11.6 Å². The molecule has 4 rings (SSSR count). The smallest absolute Gasteiger partial charge is 0.259 e. The van der Waals surface area contributed by atoms with Crippen LogP contribution in [0.1, 0.15) is 17.3 Å². The van der Waals surface area contributed by atoms with Crippen molar-refractivity contribution in [3.8, 4) is 5.75 Å². The first-order valence-electron chi connectivity index (χ1n) is 7.80. The van der Waals surface area contributed by atoms with Crippen LogP contribution >= 0.6 is 23.6 Å². The Balaban J connectivity index is 1.68. The summed E-state index contributed by atoms with van der Waals surface area (Å²) in [7, 11) is 0. The average Bonchev–Trinajstić information content (AvgIpc) is 3.15. The van der Waals surface area contributed by atoms with E-state index in [1.54, 1.807) is 0 Å². The standard InChI is InChI=1S/C17H13FN4O2S2/c1-2-24-9-3-4-11-13(7-9)26-17(20-11)22-15(23)10-5-8(18)6-12-14(10)21-16(25)19-12/h3-7H,2H2,1H3,(H2,19,21,25)(H,20,22,23). The lowest BCUT2D eigenvalue weighted by atomic mass is 10.1. The largest absolute Gasteiger partial charge is 0.494 e. The van der Waals surface area contributed by atoms with Crippen molar-refractivity contribution in [3.05, 3.63) is 46.5 Å². The van der Waals surface area contributed by atoms with Gasteiger partial charge in [-0.05, 0) is 49.5 Å². The van der Waals surface area contributed by atoms with Gasteiger partial charge in [0.25, 0.3) is 5.91 Å². The maximum Gasteiger partial charge on any atom is 0.259 e. The van der Waals surface area contributed by atoms with Crippen LogP contribution in [0.5, 0.6) is 5.75 Å². The maximum atomic E-state index is 13.8. The van der Waals surface area contributed by atoms with Crippen molar-refractivity contribution in [2.24, 2.45) is 0 Å². The topological polar surface area (TPSA) is 82.8 Å². The predicted molar refractivity (Wildman–Crippen MR) is 102 cm³/mol. The third-order valence-corrected chi connectivity index (χ3v) is 4.86. The number of nitrogens with zero attached hydrogens (tertiary/aromatic N) is 1. The number of anilines is 1. The highest BCUT2D eigenvalue weighted by Crippen LogP contribution is 2.30. The molecule has 0 saturated heterocycles. The first-order chi connectivity index (χ1) is 12.5. The zero-order valence-corrected chi connectivity index (χ0v) is 15.2. The average molecular weight is 388 g/mol. The molecule has 6 nitrogen and oxygen atoms in total. The summed E-state index contributed by atoms with van der Waals surface area (Å²) in [4.78, 5) is 22.7. The summed E-state index contributed by atoms with van der Waals surface area (Å²) in [6.45, 7) is 2.48. The molecule has 0 radical (unpaired) electrons. The number of aromatic nitrogens is 3. The van der Waals surface area contributed by atoms with Crippen molar-refractivity contribution in [2.75, 3.05) is 11.9 Å². The number of imidazole rings is 1. The van der Waals surface area contributed by atoms with Gasteiger partial charge in [0.15, 0.2) is 9.90 Å². The number of benzene rings is 2. The van der Waals surface area contributed by atoms with Gasteiger partial charge in [-0.1, -0.05) is 11.3 Å². The number of H-pyrrole nitrogens is 2. The van der Waals surface area contributed by atoms with Gasteiger partial charge in [0.2, 0.25) is 0 Å². The minimum absolute atomic E-state index is 0.154. The predicted octanol–water partition coefficient (Wildman–Crippen LogP) is 4.63. The van der Waals surface area contributed by atoms with Crippen molar-refractivity contribution >= 4 is 55.8 Å². The summed E-state index contributed by atoms with van der Waals surface area (Å²) in [5.41, 5.74) is 1.79. The summed E-state index contributed by atoms with van der Waals surface area (Å²) < 4.78 is 20.5. The van der Waals surface area contributed by atoms with Gasteiger partial charge < -0.3 is 14.7 Å². The van der Waals surface area contributed by atoms with Crippen LogP contribution in [0, 0.1) is 10.6 Å². The third kappa shape index (κ3) is 3.06. The molecular weight excluding hydrogens is 375 g/mol. The number of aromatic amines is 2. The monoisotopic (exact) mass is 388 g/mol. The number of ether oxygens (including phenoxy) is 1. The van der Waals surface area contributed by atoms with Gasteiger partial charge in [-0.2, -0.15) is 0 Å². The molecule has 2 heterocycles. The van der Waals surface area contributed by atoms with Gasteiger partial charge in [0, 0.05) is 0 Å². The fourth-order valence-electron chi connectivity index (χ4n) is 2.67. The lowest BCUT2D eigenvalue weighted by Gasteiger charge is -2.03. The molecule has 0 bridgehead atoms. The Kier molecular flexibility index (Phi) is 4.17. The van der Waals surface area contributed by atoms with Gasteiger partial charge in [-0.3, -0.25) is 10.1 Å². The Bertz CT molecular complexity index is 1190. The minimum Gasteiger partial charge on any atom is -0.494 e. The Morgan fingerprint density at radius 2 is 2.19 bits per heavy atom. The summed E-state index contributed by atoms with van der Waals surface area (Å²) in [5, 5.41) is 3.14. The van der Waals surface area contributed by atoms with E-state index < -0.39 is 11.7 Å². The van der Waals surface area contributed by atoms with E-state index in [2.05, 4.69) is 20.3 Å². The molecule has 2 aromatic heterocycles. The van der Waals surface area contributed by atoms with Crippen molar-refractivity contribution in [3.63, 3.8) is 0 Å². The first kappa shape index (κ1) is 16.7. The van der Waals surface area contributed by atoms with Crippen LogP contribution in [0.4, 0.5) is 9.52 Å². The van der Waals surface area contributed by atoms with Crippen LogP contribution in [0.15, 0.2) is 30.3 Å². The highest BCUT2D eigenvalue weighted by molar-refractivity contribution is 7.71. The number of carbonyl (C=O) groups is 1. The molecule has 0 spiro atoms. The molecule has 2 aromatic carbocycles. The zero-order chi connectivity index (χ0) is 18.3. The summed E-state index contributed by atoms with van der Waals surface area (Å²) in [5.74, 6) is -0.254. The quantitative estimate of drug-likeness (QED) is 0.445. The molecule has 26 heavy (non-hydrogen) atoms. The molecule has 0 unspecified atom stereocenters. The molecule has 132 valence electrons. The van der Waals surface area contributed by atoms with Crippen LogP contribution in [-0.2, 0) is 0 Å². The second-order valence-corrected chi connectivity index (χ2v) is 6.93. The van der Waals surface area contributed by atoms with Gasteiger partial charge >= 0.3 is 0 Å². The van der Waals surface area contributed by atoms with Crippen LogP contribution in [0.25, 0.3) is 21.3 Å². The molecular formula is C17H13FN4O2S2. The van der Waals surface area contributed by atoms with Crippen LogP contribution < -0.4 is 10.1 Å². The second kappa shape index (κ2) is 6.50. The first-order valence-corrected chi connectivity index (χ1v) is 9.02. The van der Waals surface area contributed by atoms with Crippen molar-refractivity contribution in [1.82, 2.24) is 15.0 Å². The van der Waals surface area contributed by atoms with E-state index in [1.807, 2.05) is 25.1 Å². The van der Waals surface area contributed by atoms with Crippen molar-refractivity contribution in [1.29, 1.82) is 0 Å². The third-order valence-electron chi connectivity index (χ3n) is 3.73. The number of hydrogen-bond acceptors (Lipinski definition) is 5. The molecule has 1 amide bonds. The normalized spacial score (nSPS) is 11.2. The molecule has 0 aliphatic carbocycles. The molecule has 3 N–H and O–H groups in total. The summed E-state index contributed by atoms with van der Waals surface area (Å²) in [6, 6.07) is 7.97. The van der Waals surface area contributed by atoms with E-state index in [9.17, 15) is 9.18 Å². The molecule has 0 atom stereocenters. The van der Waals surface area contributed by atoms with E-state index in [-0.39, 0.29) is 5.56 Å². The van der Waals surface area contributed by atoms with Gasteiger partial charge in [-0.25, -0.2) is 9.37 Å². The Morgan fingerprint density at radius 1 is 1.35 bits per heavy atom. The molecule has 4 aromatic rings. The number of thiazole rings is 1. The second-order valence-electron chi connectivity index (χ2n) is 5.49. The lowest BCUT2D eigenvalue weighted by Crippen LogP contribution is -2.12. The van der Waals surface area contributed by atoms with E-state index >= 15 is 0 Å². The van der Waals surface area contributed by atoms with Gasteiger partial charge in [-0.15, -0.1) is 0 Å². The fraction of sp³-hybridized carbons (Fsp3) is 0.118. The minimum atomic E-state index is -0.529. The van der Waals surface area contributed by atoms with E-state index in [4.69, 9.17) is 17.0 Å². The number of fused-ring (bicyclic) bond motifs is 2. The highest BCUT2D eigenvalue weighted by Gasteiger charge is 2.16. The SMILES string of the molecule is CCOc1ccc2nc(NC(=O)c3cc(F)cc4[nH]c(=S)[nH]c34)sc2c1. The molecule has 0 aliphatic heterocycles. The number of carbonyl (C=O) groups excluding carboxylic acids is 1. The fourth-order valence-corrected chi connectivity index (χ4v) is 3.77. The summed E-state index contributed by atoms with van der Waals surface area (Å²) in [6.07, 6.45) is 0. The number of halogens is 1. The van der Waals surface area contributed by atoms with Crippen LogP contribution in [-0.4, -0.2) is 27.5 Å². The molecule has 0 aliphatic rings. The Morgan fingerprint density at radius 3 is 3.00 bits per heavy atom. The van der Waals surface area contributed by atoms with Crippen LogP contribution in [0.2, 0.25) is 0 Å². The lowest BCUT2D eigenvalue weighted by molar-refractivity contribution is 0.102. The summed E-state index contributed by atoms with van der Waals surface area (Å²) >= 11 is 6.34. The molecule has 0 saturated carbocycles. The van der Waals surface area contributed by atoms with E-state index in [1.165, 1.54) is 17.4 Å². The van der Waals surface area contributed by atoms with Crippen molar-refractivity contribution < 1.29 is 13.9 Å². The Labute approximate surface area is 156 Å². The zero-order valence-electron chi connectivity index (χ0n) is 13.6. The Hall–Kier alpha value is -2.78. The van der Waals surface area contributed by atoms with Gasteiger partial charge in [0.05, 0.1) is 33.4 Å². The van der Waals surface area contributed by atoms with E-state index in [0.29, 0.717) is 27.5 Å². The number of rotatable bonds is 4. The van der Waals surface area contributed by atoms with Crippen LogP contribution in [0.3, 0.4) is 0 Å². The van der Waals surface area contributed by atoms with Crippen molar-refractivity contribution in [2.45, 2.75) is 6.92 Å². The number of nitrogens with one attached hydrogen (secondary N) is 3. The van der Waals surface area contributed by atoms with E-state index in [0.717, 1.165) is 22.0 Å².